The third-order valence-electron chi connectivity index (χ3n) is 6.30. The minimum absolute atomic E-state index is 0.0366. The average Bonchev–Trinajstić information content (AvgIpc) is 3.43. The Balaban J connectivity index is 1.20. The number of amides is 2. The van der Waals surface area contributed by atoms with Crippen molar-refractivity contribution in [1.82, 2.24) is 15.1 Å². The first-order valence-electron chi connectivity index (χ1n) is 11.8. The van der Waals surface area contributed by atoms with E-state index >= 15 is 0 Å². The van der Waals surface area contributed by atoms with E-state index in [2.05, 4.69) is 10.3 Å². The van der Waals surface area contributed by atoms with Crippen molar-refractivity contribution in [1.29, 1.82) is 0 Å². The number of nitrogens with one attached hydrogen (secondary N) is 1. The van der Waals surface area contributed by atoms with Gasteiger partial charge in [0.1, 0.15) is 18.9 Å². The van der Waals surface area contributed by atoms with Crippen LogP contribution in [0.5, 0.6) is 5.75 Å². The second-order valence-corrected chi connectivity index (χ2v) is 8.80. The lowest BCUT2D eigenvalue weighted by Gasteiger charge is -2.29. The van der Waals surface area contributed by atoms with Crippen LogP contribution in [0.2, 0.25) is 0 Å². The number of ether oxygens (including phenoxy) is 2. The van der Waals surface area contributed by atoms with Crippen molar-refractivity contribution in [2.45, 2.75) is 64.5 Å². The summed E-state index contributed by atoms with van der Waals surface area (Å²) in [5.74, 6) is 1.17. The van der Waals surface area contributed by atoms with Gasteiger partial charge in [-0.15, -0.1) is 0 Å². The van der Waals surface area contributed by atoms with E-state index in [0.717, 1.165) is 55.5 Å². The molecular weight excluding hydrogens is 424 g/mol. The Morgan fingerprint density at radius 1 is 1.18 bits per heavy atom. The van der Waals surface area contributed by atoms with Gasteiger partial charge in [0, 0.05) is 31.5 Å². The van der Waals surface area contributed by atoms with E-state index in [-0.39, 0.29) is 30.4 Å². The summed E-state index contributed by atoms with van der Waals surface area (Å²) in [4.78, 5) is 43.8. The first-order valence-corrected chi connectivity index (χ1v) is 11.8. The number of carbonyl (C=O) groups is 3. The fourth-order valence-corrected chi connectivity index (χ4v) is 4.65. The van der Waals surface area contributed by atoms with Gasteiger partial charge in [-0.1, -0.05) is 12.8 Å². The first kappa shape index (κ1) is 23.1. The van der Waals surface area contributed by atoms with Crippen molar-refractivity contribution in [2.24, 2.45) is 4.99 Å². The van der Waals surface area contributed by atoms with Gasteiger partial charge in [0.25, 0.3) is 0 Å². The molecule has 2 amide bonds. The van der Waals surface area contributed by atoms with E-state index in [0.29, 0.717) is 38.6 Å². The lowest BCUT2D eigenvalue weighted by Crippen LogP contribution is -2.41. The number of nitrogens with zero attached hydrogens (tertiary/aromatic N) is 3. The number of aliphatic imine (C=N–C) groups is 1. The molecule has 9 nitrogen and oxygen atoms in total. The van der Waals surface area contributed by atoms with Crippen LogP contribution in [-0.4, -0.2) is 65.9 Å². The van der Waals surface area contributed by atoms with Crippen LogP contribution in [-0.2, 0) is 25.7 Å². The highest BCUT2D eigenvalue weighted by atomic mass is 16.5. The van der Waals surface area contributed by atoms with Crippen LogP contribution in [0.15, 0.2) is 23.2 Å². The van der Waals surface area contributed by atoms with Crippen molar-refractivity contribution < 1.29 is 23.9 Å². The lowest BCUT2D eigenvalue weighted by atomic mass is 10.1. The lowest BCUT2D eigenvalue weighted by molar-refractivity contribution is -0.144. The maximum atomic E-state index is 12.8. The van der Waals surface area contributed by atoms with Gasteiger partial charge in [-0.25, -0.2) is 4.99 Å². The molecule has 1 saturated heterocycles. The Kier molecular flexibility index (Phi) is 7.47. The number of hydrogen-bond acceptors (Lipinski definition) is 7. The van der Waals surface area contributed by atoms with E-state index in [1.54, 1.807) is 0 Å². The summed E-state index contributed by atoms with van der Waals surface area (Å²) in [6, 6.07) is 6.03. The van der Waals surface area contributed by atoms with Crippen LogP contribution in [0.1, 0.15) is 57.4 Å². The number of esters is 1. The predicted molar refractivity (Wildman–Crippen MR) is 122 cm³/mol. The zero-order valence-electron chi connectivity index (χ0n) is 19.2. The maximum Gasteiger partial charge on any atom is 0.302 e. The Morgan fingerprint density at radius 3 is 2.79 bits per heavy atom. The first-order chi connectivity index (χ1) is 16.0. The van der Waals surface area contributed by atoms with Crippen LogP contribution in [0.4, 0.5) is 5.69 Å². The molecule has 0 spiro atoms. The Bertz CT molecular complexity index is 925. The summed E-state index contributed by atoms with van der Waals surface area (Å²) in [6.45, 7) is 3.60. The highest BCUT2D eigenvalue weighted by Crippen LogP contribution is 2.30. The summed E-state index contributed by atoms with van der Waals surface area (Å²) < 4.78 is 11.0. The number of guanidine groups is 1. The molecule has 0 aromatic heterocycles. The van der Waals surface area contributed by atoms with E-state index < -0.39 is 0 Å². The molecule has 2 fully saturated rings. The number of carbonyl (C=O) groups excluding carboxylic acids is 3. The van der Waals surface area contributed by atoms with Crippen LogP contribution in [0.3, 0.4) is 0 Å². The highest BCUT2D eigenvalue weighted by Gasteiger charge is 2.29. The maximum absolute atomic E-state index is 12.8. The number of benzene rings is 1. The average molecular weight is 457 g/mol. The van der Waals surface area contributed by atoms with E-state index in [9.17, 15) is 14.4 Å². The molecule has 3 aliphatic rings. The topological polar surface area (TPSA) is 101 Å². The van der Waals surface area contributed by atoms with Gasteiger partial charge in [-0.2, -0.15) is 0 Å². The second-order valence-electron chi connectivity index (χ2n) is 8.80. The molecule has 0 atom stereocenters. The third kappa shape index (κ3) is 6.03. The van der Waals surface area contributed by atoms with Crippen molar-refractivity contribution in [3.8, 4) is 5.75 Å². The fraction of sp³-hybridized carbons (Fsp3) is 0.583. The zero-order valence-corrected chi connectivity index (χ0v) is 19.2. The van der Waals surface area contributed by atoms with Crippen molar-refractivity contribution in [2.75, 3.05) is 26.3 Å². The predicted octanol–water partition coefficient (Wildman–Crippen LogP) is 2.50. The van der Waals surface area contributed by atoms with Gasteiger partial charge in [-0.3, -0.25) is 19.7 Å². The molecular formula is C24H32N4O5. The SMILES string of the molecule is CC(=O)OCCN(C(=O)CCCCOc1ccc2c(c1)CN1CC(=O)NC1=N2)C1CCCC1. The standard InChI is InChI=1S/C24H32N4O5/c1-17(29)32-13-11-28(19-6-2-3-7-19)23(31)8-4-5-12-33-20-9-10-21-18(14-20)15-27-16-22(30)26-24(27)25-21/h9-10,14,19H,2-8,11-13,15-16H2,1H3,(H,25,26,30). The molecule has 2 aliphatic heterocycles. The Hall–Kier alpha value is -3.10. The molecule has 1 saturated carbocycles. The Labute approximate surface area is 194 Å². The fourth-order valence-electron chi connectivity index (χ4n) is 4.65. The normalized spacial score (nSPS) is 17.2. The Morgan fingerprint density at radius 2 is 2.00 bits per heavy atom. The summed E-state index contributed by atoms with van der Waals surface area (Å²) in [6.07, 6.45) is 6.34. The van der Waals surface area contributed by atoms with Crippen LogP contribution >= 0.6 is 0 Å². The summed E-state index contributed by atoms with van der Waals surface area (Å²) >= 11 is 0. The van der Waals surface area contributed by atoms with Gasteiger partial charge in [0.15, 0.2) is 0 Å². The van der Waals surface area contributed by atoms with Crippen molar-refractivity contribution >= 4 is 29.4 Å². The molecule has 1 aliphatic carbocycles. The molecule has 178 valence electrons. The molecule has 1 N–H and O–H groups in total. The third-order valence-corrected chi connectivity index (χ3v) is 6.30. The molecule has 1 aromatic rings. The van der Waals surface area contributed by atoms with Crippen molar-refractivity contribution in [3.63, 3.8) is 0 Å². The molecule has 9 heteroatoms. The molecule has 0 bridgehead atoms. The van der Waals surface area contributed by atoms with Gasteiger partial charge in [0.05, 0.1) is 18.8 Å². The van der Waals surface area contributed by atoms with E-state index in [1.165, 1.54) is 6.92 Å². The van der Waals surface area contributed by atoms with E-state index in [1.807, 2.05) is 28.0 Å². The minimum atomic E-state index is -0.314. The summed E-state index contributed by atoms with van der Waals surface area (Å²) in [5.41, 5.74) is 1.88. The molecule has 4 rings (SSSR count). The summed E-state index contributed by atoms with van der Waals surface area (Å²) in [7, 11) is 0. The molecule has 0 unspecified atom stereocenters. The number of fused-ring (bicyclic) bond motifs is 2. The van der Waals surface area contributed by atoms with Gasteiger partial charge >= 0.3 is 5.97 Å². The van der Waals surface area contributed by atoms with Gasteiger partial charge < -0.3 is 19.3 Å². The van der Waals surface area contributed by atoms with E-state index in [4.69, 9.17) is 9.47 Å². The monoisotopic (exact) mass is 456 g/mol. The van der Waals surface area contributed by atoms with Crippen molar-refractivity contribution in [3.05, 3.63) is 23.8 Å². The minimum Gasteiger partial charge on any atom is -0.494 e. The number of rotatable bonds is 10. The highest BCUT2D eigenvalue weighted by molar-refractivity contribution is 6.05. The zero-order chi connectivity index (χ0) is 23.2. The number of unbranched alkanes of at least 4 members (excludes halogenated alkanes) is 1. The molecule has 2 heterocycles. The quantitative estimate of drug-likeness (QED) is 0.429. The molecule has 33 heavy (non-hydrogen) atoms. The summed E-state index contributed by atoms with van der Waals surface area (Å²) in [5, 5.41) is 2.76. The van der Waals surface area contributed by atoms with Gasteiger partial charge in [0.2, 0.25) is 17.8 Å². The second kappa shape index (κ2) is 10.7. The number of hydrogen-bond donors (Lipinski definition) is 1. The molecule has 0 radical (unpaired) electrons. The van der Waals surface area contributed by atoms with Crippen LogP contribution in [0, 0.1) is 0 Å². The van der Waals surface area contributed by atoms with Gasteiger partial charge in [-0.05, 0) is 43.9 Å². The largest absolute Gasteiger partial charge is 0.494 e. The van der Waals surface area contributed by atoms with Crippen LogP contribution < -0.4 is 10.1 Å². The van der Waals surface area contributed by atoms with Crippen LogP contribution in [0.25, 0.3) is 0 Å². The molecule has 1 aromatic carbocycles. The smallest absolute Gasteiger partial charge is 0.302 e.